The standard InChI is InChI=1S/C21H30O2/c1-21(23-20(22)16-7-11-2-3-12(16)6-11)10-15-9-17(21)19-14-5-4-13(8-14)18(15)19/h11-19H,2-10H2,1H3/t11-,12+,13-,14+,15-,16?,17+,18-,19+,21-/m1/s1. The van der Waals surface area contributed by atoms with Gasteiger partial charge in [0.15, 0.2) is 0 Å². The lowest BCUT2D eigenvalue weighted by Gasteiger charge is -2.44. The zero-order valence-corrected chi connectivity index (χ0v) is 14.4. The molecule has 0 spiro atoms. The van der Waals surface area contributed by atoms with E-state index in [4.69, 9.17) is 4.74 Å². The van der Waals surface area contributed by atoms with Crippen molar-refractivity contribution in [3.8, 4) is 0 Å². The van der Waals surface area contributed by atoms with Crippen molar-refractivity contribution in [2.24, 2.45) is 53.3 Å². The zero-order chi connectivity index (χ0) is 15.3. The SMILES string of the molecule is C[C@@]1(OC(=O)C2C[C@@H]3CC[C@H]2C3)C[C@H]2C[C@H]1[C@@H]1[C@H]3CC[C@H](C3)[C@H]21. The largest absolute Gasteiger partial charge is 0.459 e. The Morgan fingerprint density at radius 2 is 1.65 bits per heavy atom. The number of carbonyl (C=O) groups is 1. The van der Waals surface area contributed by atoms with E-state index < -0.39 is 0 Å². The number of fused-ring (bicyclic) bond motifs is 11. The highest BCUT2D eigenvalue weighted by atomic mass is 16.6. The third-order valence-corrected chi connectivity index (χ3v) is 9.44. The summed E-state index contributed by atoms with van der Waals surface area (Å²) in [4.78, 5) is 12.9. The van der Waals surface area contributed by atoms with Gasteiger partial charge in [-0.05, 0) is 99.7 Å². The molecule has 126 valence electrons. The fourth-order valence-corrected chi connectivity index (χ4v) is 8.82. The monoisotopic (exact) mass is 314 g/mol. The molecule has 1 unspecified atom stereocenters. The highest BCUT2D eigenvalue weighted by molar-refractivity contribution is 5.74. The number of ether oxygens (including phenoxy) is 1. The summed E-state index contributed by atoms with van der Waals surface area (Å²) in [7, 11) is 0. The first-order valence-electron chi connectivity index (χ1n) is 10.4. The predicted octanol–water partition coefficient (Wildman–Crippen LogP) is 4.43. The van der Waals surface area contributed by atoms with Crippen molar-refractivity contribution < 1.29 is 9.53 Å². The molecular formula is C21H30O2. The van der Waals surface area contributed by atoms with E-state index in [-0.39, 0.29) is 17.5 Å². The van der Waals surface area contributed by atoms with Crippen LogP contribution in [0.1, 0.15) is 64.7 Å². The minimum absolute atomic E-state index is 0.116. The summed E-state index contributed by atoms with van der Waals surface area (Å²) in [6, 6.07) is 0. The van der Waals surface area contributed by atoms with Crippen molar-refractivity contribution in [1.82, 2.24) is 0 Å². The van der Waals surface area contributed by atoms with Crippen molar-refractivity contribution in [1.29, 1.82) is 0 Å². The lowest BCUT2D eigenvalue weighted by Crippen LogP contribution is -2.46. The van der Waals surface area contributed by atoms with Crippen molar-refractivity contribution in [3.05, 3.63) is 0 Å². The molecule has 6 aliphatic carbocycles. The lowest BCUT2D eigenvalue weighted by atomic mass is 9.66. The third-order valence-electron chi connectivity index (χ3n) is 9.44. The highest BCUT2D eigenvalue weighted by Gasteiger charge is 2.67. The average Bonchev–Trinajstić information content (AvgIpc) is 3.31. The molecule has 6 rings (SSSR count). The molecule has 0 amide bonds. The fourth-order valence-electron chi connectivity index (χ4n) is 8.82. The second-order valence-corrected chi connectivity index (χ2v) is 10.3. The topological polar surface area (TPSA) is 26.3 Å². The molecule has 23 heavy (non-hydrogen) atoms. The molecule has 6 aliphatic rings. The molecule has 6 saturated carbocycles. The van der Waals surface area contributed by atoms with Gasteiger partial charge in [-0.15, -0.1) is 0 Å². The summed E-state index contributed by atoms with van der Waals surface area (Å²) in [6.45, 7) is 2.30. The van der Waals surface area contributed by atoms with Crippen LogP contribution in [0.2, 0.25) is 0 Å². The Labute approximate surface area is 139 Å². The molecule has 10 atom stereocenters. The Morgan fingerprint density at radius 3 is 2.39 bits per heavy atom. The molecule has 0 aromatic heterocycles. The summed E-state index contributed by atoms with van der Waals surface area (Å²) in [5.41, 5.74) is -0.116. The smallest absolute Gasteiger partial charge is 0.309 e. The van der Waals surface area contributed by atoms with Gasteiger partial charge in [0.25, 0.3) is 0 Å². The summed E-state index contributed by atoms with van der Waals surface area (Å²) < 4.78 is 6.35. The molecular weight excluding hydrogens is 284 g/mol. The summed E-state index contributed by atoms with van der Waals surface area (Å²) in [5, 5.41) is 0. The molecule has 0 heterocycles. The van der Waals surface area contributed by atoms with Gasteiger partial charge in [-0.25, -0.2) is 0 Å². The minimum Gasteiger partial charge on any atom is -0.459 e. The summed E-state index contributed by atoms with van der Waals surface area (Å²) >= 11 is 0. The van der Waals surface area contributed by atoms with Gasteiger partial charge in [-0.2, -0.15) is 0 Å². The first-order chi connectivity index (χ1) is 11.1. The Bertz CT molecular complexity index is 556. The zero-order valence-electron chi connectivity index (χ0n) is 14.4. The van der Waals surface area contributed by atoms with Crippen LogP contribution in [0.4, 0.5) is 0 Å². The van der Waals surface area contributed by atoms with Crippen molar-refractivity contribution in [2.75, 3.05) is 0 Å². The van der Waals surface area contributed by atoms with E-state index in [0.717, 1.165) is 41.9 Å². The Balaban J connectivity index is 1.22. The number of carbonyl (C=O) groups excluding carboxylic acids is 1. The van der Waals surface area contributed by atoms with E-state index in [1.54, 1.807) is 0 Å². The van der Waals surface area contributed by atoms with Crippen LogP contribution in [-0.2, 0) is 9.53 Å². The molecule has 2 nitrogen and oxygen atoms in total. The van der Waals surface area contributed by atoms with Gasteiger partial charge in [0.2, 0.25) is 0 Å². The summed E-state index contributed by atoms with van der Waals surface area (Å²) in [5.74, 6) is 7.41. The molecule has 0 saturated heterocycles. The molecule has 0 N–H and O–H groups in total. The Kier molecular flexibility index (Phi) is 2.60. The van der Waals surface area contributed by atoms with Crippen molar-refractivity contribution >= 4 is 5.97 Å². The second kappa shape index (κ2) is 4.35. The second-order valence-electron chi connectivity index (χ2n) is 10.3. The Hall–Kier alpha value is -0.530. The van der Waals surface area contributed by atoms with Crippen molar-refractivity contribution in [2.45, 2.75) is 70.3 Å². The lowest BCUT2D eigenvalue weighted by molar-refractivity contribution is -0.175. The van der Waals surface area contributed by atoms with Gasteiger partial charge in [-0.3, -0.25) is 4.79 Å². The van der Waals surface area contributed by atoms with E-state index in [2.05, 4.69) is 6.92 Å². The molecule has 0 radical (unpaired) electrons. The van der Waals surface area contributed by atoms with Gasteiger partial charge in [-0.1, -0.05) is 6.42 Å². The molecule has 0 aliphatic heterocycles. The third kappa shape index (κ3) is 1.69. The normalized spacial score (nSPS) is 61.3. The van der Waals surface area contributed by atoms with Crippen LogP contribution in [0.3, 0.4) is 0 Å². The molecule has 6 fully saturated rings. The Morgan fingerprint density at radius 1 is 0.870 bits per heavy atom. The van der Waals surface area contributed by atoms with E-state index in [1.807, 2.05) is 0 Å². The highest BCUT2D eigenvalue weighted by Crippen LogP contribution is 2.70. The van der Waals surface area contributed by atoms with Gasteiger partial charge >= 0.3 is 5.97 Å². The molecule has 0 aromatic carbocycles. The quantitative estimate of drug-likeness (QED) is 0.557. The number of rotatable bonds is 2. The van der Waals surface area contributed by atoms with E-state index in [1.165, 1.54) is 51.4 Å². The van der Waals surface area contributed by atoms with Gasteiger partial charge in [0.1, 0.15) is 5.60 Å². The van der Waals surface area contributed by atoms with E-state index in [9.17, 15) is 4.79 Å². The number of esters is 1. The average molecular weight is 314 g/mol. The first kappa shape index (κ1) is 13.7. The number of hydrogen-bond donors (Lipinski definition) is 0. The van der Waals surface area contributed by atoms with Gasteiger partial charge in [0, 0.05) is 5.92 Å². The van der Waals surface area contributed by atoms with E-state index in [0.29, 0.717) is 11.8 Å². The van der Waals surface area contributed by atoms with E-state index >= 15 is 0 Å². The van der Waals surface area contributed by atoms with Crippen LogP contribution in [0.25, 0.3) is 0 Å². The van der Waals surface area contributed by atoms with Gasteiger partial charge < -0.3 is 4.74 Å². The van der Waals surface area contributed by atoms with Gasteiger partial charge in [0.05, 0.1) is 5.92 Å². The van der Waals surface area contributed by atoms with Crippen LogP contribution in [0.5, 0.6) is 0 Å². The molecule has 6 bridgehead atoms. The maximum Gasteiger partial charge on any atom is 0.309 e. The first-order valence-corrected chi connectivity index (χ1v) is 10.4. The van der Waals surface area contributed by atoms with Crippen LogP contribution in [0, 0.1) is 53.3 Å². The van der Waals surface area contributed by atoms with Crippen molar-refractivity contribution in [3.63, 3.8) is 0 Å². The van der Waals surface area contributed by atoms with Crippen LogP contribution < -0.4 is 0 Å². The summed E-state index contributed by atoms with van der Waals surface area (Å²) in [6.07, 6.45) is 12.1. The fraction of sp³-hybridized carbons (Fsp3) is 0.952. The molecule has 2 heteroatoms. The van der Waals surface area contributed by atoms with Crippen LogP contribution >= 0.6 is 0 Å². The van der Waals surface area contributed by atoms with Crippen LogP contribution in [-0.4, -0.2) is 11.6 Å². The molecule has 0 aromatic rings. The maximum atomic E-state index is 12.9. The van der Waals surface area contributed by atoms with Crippen LogP contribution in [0.15, 0.2) is 0 Å². The predicted molar refractivity (Wildman–Crippen MR) is 87.5 cm³/mol. The number of hydrogen-bond acceptors (Lipinski definition) is 2. The minimum atomic E-state index is -0.116. The maximum absolute atomic E-state index is 12.9.